The maximum atomic E-state index is 10.4. The summed E-state index contributed by atoms with van der Waals surface area (Å²) in [5.74, 6) is -0.295. The van der Waals surface area contributed by atoms with E-state index in [1.165, 1.54) is 0 Å². The lowest BCUT2D eigenvalue weighted by Crippen LogP contribution is -2.07. The van der Waals surface area contributed by atoms with E-state index in [9.17, 15) is 8.42 Å². The van der Waals surface area contributed by atoms with Gasteiger partial charge in [-0.05, 0) is 22.0 Å². The van der Waals surface area contributed by atoms with Gasteiger partial charge in [0.15, 0.2) is 0 Å². The van der Waals surface area contributed by atoms with Crippen molar-refractivity contribution >= 4 is 26.0 Å². The molecule has 1 N–H and O–H groups in total. The van der Waals surface area contributed by atoms with Crippen molar-refractivity contribution in [3.8, 4) is 0 Å². The molecule has 7 heteroatoms. The van der Waals surface area contributed by atoms with Crippen LogP contribution in [0.2, 0.25) is 0 Å². The minimum atomic E-state index is -3.89. The summed E-state index contributed by atoms with van der Waals surface area (Å²) >= 11 is 3.23. The molecule has 0 amide bonds. The molecule has 0 saturated heterocycles. The molecule has 0 aliphatic carbocycles. The first-order chi connectivity index (χ1) is 5.88. The van der Waals surface area contributed by atoms with Crippen molar-refractivity contribution in [2.24, 2.45) is 7.05 Å². The maximum Gasteiger partial charge on any atom is 0.265 e. The first kappa shape index (κ1) is 10.7. The largest absolute Gasteiger partial charge is 0.286 e. The molecule has 1 aromatic rings. The second-order valence-electron chi connectivity index (χ2n) is 2.62. The summed E-state index contributed by atoms with van der Waals surface area (Å²) in [6.07, 6.45) is 0.221. The van der Waals surface area contributed by atoms with Gasteiger partial charge in [0.25, 0.3) is 10.1 Å². The van der Waals surface area contributed by atoms with E-state index < -0.39 is 10.1 Å². The Labute approximate surface area is 84.6 Å². The van der Waals surface area contributed by atoms with Crippen LogP contribution >= 0.6 is 15.9 Å². The third kappa shape index (κ3) is 3.45. The van der Waals surface area contributed by atoms with Crippen molar-refractivity contribution < 1.29 is 13.0 Å². The number of hydrogen-bond acceptors (Lipinski definition) is 3. The highest BCUT2D eigenvalue weighted by atomic mass is 79.9. The van der Waals surface area contributed by atoms with E-state index in [2.05, 4.69) is 21.0 Å². The molecule has 0 atom stereocenters. The normalized spacial score (nSPS) is 11.9. The second kappa shape index (κ2) is 3.77. The maximum absolute atomic E-state index is 10.4. The van der Waals surface area contributed by atoms with Crippen LogP contribution in [-0.2, 0) is 23.6 Å². The minimum Gasteiger partial charge on any atom is -0.286 e. The van der Waals surface area contributed by atoms with Gasteiger partial charge in [-0.1, -0.05) is 0 Å². The van der Waals surface area contributed by atoms with E-state index in [1.54, 1.807) is 17.8 Å². The van der Waals surface area contributed by atoms with Gasteiger partial charge >= 0.3 is 0 Å². The summed E-state index contributed by atoms with van der Waals surface area (Å²) in [4.78, 5) is 0. The first-order valence-corrected chi connectivity index (χ1v) is 5.92. The summed E-state index contributed by atoms with van der Waals surface area (Å²) in [7, 11) is -2.15. The summed E-state index contributed by atoms with van der Waals surface area (Å²) in [6, 6.07) is 1.71. The molecule has 74 valence electrons. The molecule has 0 aromatic carbocycles. The highest BCUT2D eigenvalue weighted by molar-refractivity contribution is 9.10. The zero-order chi connectivity index (χ0) is 10.1. The fourth-order valence-electron chi connectivity index (χ4n) is 0.856. The van der Waals surface area contributed by atoms with Gasteiger partial charge in [-0.15, -0.1) is 0 Å². The Hall–Kier alpha value is -0.400. The third-order valence-corrected chi connectivity index (χ3v) is 2.95. The predicted octanol–water partition coefficient (Wildman–Crippen LogP) is 0.613. The predicted molar refractivity (Wildman–Crippen MR) is 51.0 cm³/mol. The molecule has 1 rings (SSSR count). The van der Waals surface area contributed by atoms with Crippen LogP contribution < -0.4 is 0 Å². The van der Waals surface area contributed by atoms with Gasteiger partial charge in [0.2, 0.25) is 0 Å². The standard InChI is InChI=1S/C6H9BrN2O3S/c1-9-6(7)4-5(8-9)2-3-13(10,11)12/h4H,2-3H2,1H3,(H,10,11,12). The SMILES string of the molecule is Cn1nc(CCS(=O)(=O)O)cc1Br. The van der Waals surface area contributed by atoms with Crippen molar-refractivity contribution in [2.75, 3.05) is 5.75 Å². The molecule has 0 fully saturated rings. The molecule has 5 nitrogen and oxygen atoms in total. The Bertz CT molecular complexity index is 379. The van der Waals surface area contributed by atoms with Gasteiger partial charge < -0.3 is 0 Å². The van der Waals surface area contributed by atoms with E-state index in [4.69, 9.17) is 4.55 Å². The van der Waals surface area contributed by atoms with Crippen LogP contribution in [0.3, 0.4) is 0 Å². The Kier molecular flexibility index (Phi) is 3.09. The van der Waals surface area contributed by atoms with E-state index in [1.807, 2.05) is 0 Å². The third-order valence-electron chi connectivity index (χ3n) is 1.49. The lowest BCUT2D eigenvalue weighted by molar-refractivity contribution is 0.482. The van der Waals surface area contributed by atoms with Gasteiger partial charge in [-0.2, -0.15) is 13.5 Å². The second-order valence-corrected chi connectivity index (χ2v) is 5.00. The van der Waals surface area contributed by atoms with Crippen molar-refractivity contribution in [1.82, 2.24) is 9.78 Å². The fraction of sp³-hybridized carbons (Fsp3) is 0.500. The zero-order valence-electron chi connectivity index (χ0n) is 6.94. The first-order valence-electron chi connectivity index (χ1n) is 3.52. The molecule has 0 saturated carbocycles. The Morgan fingerprint density at radius 1 is 1.69 bits per heavy atom. The molecular formula is C6H9BrN2O3S. The molecule has 0 unspecified atom stereocenters. The lowest BCUT2D eigenvalue weighted by atomic mass is 10.3. The number of nitrogens with zero attached hydrogens (tertiary/aromatic N) is 2. The molecule has 0 bridgehead atoms. The number of aromatic nitrogens is 2. The van der Waals surface area contributed by atoms with Crippen LogP contribution in [0, 0.1) is 0 Å². The van der Waals surface area contributed by atoms with Crippen molar-refractivity contribution in [3.05, 3.63) is 16.4 Å². The van der Waals surface area contributed by atoms with E-state index in [0.29, 0.717) is 5.69 Å². The fourth-order valence-corrected chi connectivity index (χ4v) is 1.67. The summed E-state index contributed by atoms with van der Waals surface area (Å²) in [5.41, 5.74) is 0.631. The number of aryl methyl sites for hydroxylation is 2. The Morgan fingerprint density at radius 2 is 2.31 bits per heavy atom. The average molecular weight is 269 g/mol. The van der Waals surface area contributed by atoms with E-state index in [-0.39, 0.29) is 12.2 Å². The average Bonchev–Trinajstić information content (AvgIpc) is 2.27. The lowest BCUT2D eigenvalue weighted by Gasteiger charge is -1.92. The van der Waals surface area contributed by atoms with Crippen molar-refractivity contribution in [3.63, 3.8) is 0 Å². The quantitative estimate of drug-likeness (QED) is 0.816. The molecule has 0 radical (unpaired) electrons. The van der Waals surface area contributed by atoms with Gasteiger partial charge in [0, 0.05) is 13.5 Å². The molecule has 13 heavy (non-hydrogen) atoms. The van der Waals surface area contributed by atoms with Crippen molar-refractivity contribution in [1.29, 1.82) is 0 Å². The summed E-state index contributed by atoms with van der Waals surface area (Å²) < 4.78 is 31.7. The molecule has 1 aromatic heterocycles. The molecule has 0 aliphatic rings. The van der Waals surface area contributed by atoms with Crippen molar-refractivity contribution in [2.45, 2.75) is 6.42 Å². The van der Waals surface area contributed by atoms with Crippen LogP contribution in [0.5, 0.6) is 0 Å². The van der Waals surface area contributed by atoms with Gasteiger partial charge in [-0.25, -0.2) is 0 Å². The summed E-state index contributed by atoms with van der Waals surface area (Å²) in [5, 5.41) is 4.01. The van der Waals surface area contributed by atoms with Crippen LogP contribution in [0.15, 0.2) is 10.7 Å². The molecule has 0 spiro atoms. The zero-order valence-corrected chi connectivity index (χ0v) is 9.34. The number of halogens is 1. The van der Waals surface area contributed by atoms with Gasteiger partial charge in [-0.3, -0.25) is 9.23 Å². The highest BCUT2D eigenvalue weighted by Gasteiger charge is 2.08. The van der Waals surface area contributed by atoms with Crippen LogP contribution in [0.4, 0.5) is 0 Å². The monoisotopic (exact) mass is 268 g/mol. The molecular weight excluding hydrogens is 260 g/mol. The van der Waals surface area contributed by atoms with Gasteiger partial charge in [0.05, 0.1) is 11.4 Å². The van der Waals surface area contributed by atoms with Crippen LogP contribution in [0.1, 0.15) is 5.69 Å². The van der Waals surface area contributed by atoms with Crippen LogP contribution in [0.25, 0.3) is 0 Å². The Balaban J connectivity index is 2.66. The highest BCUT2D eigenvalue weighted by Crippen LogP contribution is 2.10. The number of hydrogen-bond donors (Lipinski definition) is 1. The van der Waals surface area contributed by atoms with Gasteiger partial charge in [0.1, 0.15) is 4.60 Å². The smallest absolute Gasteiger partial charge is 0.265 e. The number of rotatable bonds is 3. The molecule has 0 aliphatic heterocycles. The van der Waals surface area contributed by atoms with E-state index in [0.717, 1.165) is 4.60 Å². The van der Waals surface area contributed by atoms with Crippen LogP contribution in [-0.4, -0.2) is 28.5 Å². The van der Waals surface area contributed by atoms with E-state index >= 15 is 0 Å². The topological polar surface area (TPSA) is 72.2 Å². The minimum absolute atomic E-state index is 0.221. The molecule has 1 heterocycles. The Morgan fingerprint density at radius 3 is 2.69 bits per heavy atom. The summed E-state index contributed by atoms with van der Waals surface area (Å²) in [6.45, 7) is 0.